The van der Waals surface area contributed by atoms with E-state index in [1.807, 2.05) is 48.5 Å². The summed E-state index contributed by atoms with van der Waals surface area (Å²) in [4.78, 5) is 11.1. The third-order valence-electron chi connectivity index (χ3n) is 6.72. The van der Waals surface area contributed by atoms with Gasteiger partial charge in [0, 0.05) is 23.1 Å². The summed E-state index contributed by atoms with van der Waals surface area (Å²) in [6.07, 6.45) is 0.0625. The average Bonchev–Trinajstić information content (AvgIpc) is 3.28. The molecule has 5 rings (SSSR count). The van der Waals surface area contributed by atoms with Gasteiger partial charge >= 0.3 is 5.97 Å². The van der Waals surface area contributed by atoms with E-state index in [2.05, 4.69) is 50.2 Å². The molecule has 0 aliphatic carbocycles. The molecule has 1 N–H and O–H groups in total. The maximum absolute atomic E-state index is 11.1. The zero-order valence-electron chi connectivity index (χ0n) is 21.1. The highest BCUT2D eigenvalue weighted by Crippen LogP contribution is 2.39. The van der Waals surface area contributed by atoms with Gasteiger partial charge in [-0.1, -0.05) is 60.7 Å². The molecule has 37 heavy (non-hydrogen) atoms. The van der Waals surface area contributed by atoms with Crippen LogP contribution in [-0.4, -0.2) is 17.7 Å². The van der Waals surface area contributed by atoms with Gasteiger partial charge in [-0.2, -0.15) is 0 Å². The second-order valence-electron chi connectivity index (χ2n) is 9.47. The minimum Gasteiger partial charge on any atom is -0.492 e. The Morgan fingerprint density at radius 3 is 2.38 bits per heavy atom. The largest absolute Gasteiger partial charge is 0.492 e. The van der Waals surface area contributed by atoms with Crippen LogP contribution in [0.3, 0.4) is 0 Å². The highest BCUT2D eigenvalue weighted by molar-refractivity contribution is 5.76. The first kappa shape index (κ1) is 24.4. The van der Waals surface area contributed by atoms with Crippen molar-refractivity contribution in [1.29, 1.82) is 0 Å². The first-order chi connectivity index (χ1) is 18.0. The average molecular weight is 495 g/mol. The number of rotatable bonds is 9. The number of carboxylic acid groups (broad SMARTS) is 1. The van der Waals surface area contributed by atoms with Crippen LogP contribution in [-0.2, 0) is 18.0 Å². The van der Waals surface area contributed by atoms with Gasteiger partial charge in [0.2, 0.25) is 0 Å². The van der Waals surface area contributed by atoms with Crippen LogP contribution in [0.2, 0.25) is 0 Å². The molecule has 0 spiro atoms. The number of benzene rings is 4. The Hall–Kier alpha value is -4.25. The molecular formula is C32H30O5. The van der Waals surface area contributed by atoms with Crippen LogP contribution < -0.4 is 14.2 Å². The molecule has 1 unspecified atom stereocenters. The smallest absolute Gasteiger partial charge is 0.304 e. The Bertz CT molecular complexity index is 1390. The summed E-state index contributed by atoms with van der Waals surface area (Å²) in [6, 6.07) is 28.3. The maximum atomic E-state index is 11.1. The van der Waals surface area contributed by atoms with Crippen LogP contribution in [0.5, 0.6) is 17.2 Å². The fourth-order valence-corrected chi connectivity index (χ4v) is 4.86. The van der Waals surface area contributed by atoms with Gasteiger partial charge in [0.05, 0.1) is 13.0 Å². The molecule has 5 heteroatoms. The molecule has 0 fully saturated rings. The molecule has 1 aliphatic rings. The molecule has 4 aromatic rings. The van der Waals surface area contributed by atoms with Gasteiger partial charge in [-0.3, -0.25) is 4.79 Å². The van der Waals surface area contributed by atoms with Gasteiger partial charge in [0.1, 0.15) is 30.5 Å². The standard InChI is InChI=1S/C32H30O5/c1-21-7-6-8-22(2)32(21)28-15-24(11-14-29(28)36-18-23-9-4-3-5-10-23)19-35-26-12-13-27-25(16-31(33)34)20-37-30(27)17-26/h3-15,17,25H,16,18-20H2,1-2H3,(H,33,34). The van der Waals surface area contributed by atoms with E-state index < -0.39 is 5.97 Å². The van der Waals surface area contributed by atoms with Crippen molar-refractivity contribution in [3.63, 3.8) is 0 Å². The molecule has 0 saturated carbocycles. The molecule has 0 saturated heterocycles. The van der Waals surface area contributed by atoms with Gasteiger partial charge in [-0.05, 0) is 59.9 Å². The van der Waals surface area contributed by atoms with Crippen LogP contribution in [0.15, 0.2) is 84.9 Å². The SMILES string of the molecule is Cc1cccc(C)c1-c1cc(COc2ccc3c(c2)OCC3CC(=O)O)ccc1OCc1ccccc1. The van der Waals surface area contributed by atoms with Gasteiger partial charge in [-0.15, -0.1) is 0 Å². The monoisotopic (exact) mass is 494 g/mol. The lowest BCUT2D eigenvalue weighted by Gasteiger charge is -2.17. The Balaban J connectivity index is 1.37. The van der Waals surface area contributed by atoms with Gasteiger partial charge in [-0.25, -0.2) is 0 Å². The van der Waals surface area contributed by atoms with Gasteiger partial charge in [0.25, 0.3) is 0 Å². The summed E-state index contributed by atoms with van der Waals surface area (Å²) >= 11 is 0. The van der Waals surface area contributed by atoms with E-state index >= 15 is 0 Å². The van der Waals surface area contributed by atoms with Crippen molar-refractivity contribution < 1.29 is 24.1 Å². The summed E-state index contributed by atoms with van der Waals surface area (Å²) in [7, 11) is 0. The fourth-order valence-electron chi connectivity index (χ4n) is 4.86. The molecule has 0 radical (unpaired) electrons. The minimum absolute atomic E-state index is 0.0625. The zero-order chi connectivity index (χ0) is 25.8. The molecule has 1 aliphatic heterocycles. The quantitative estimate of drug-likeness (QED) is 0.269. The molecule has 0 aromatic heterocycles. The summed E-state index contributed by atoms with van der Waals surface area (Å²) in [5, 5.41) is 9.13. The molecule has 0 bridgehead atoms. The lowest BCUT2D eigenvalue weighted by Crippen LogP contribution is -2.07. The highest BCUT2D eigenvalue weighted by Gasteiger charge is 2.26. The van der Waals surface area contributed by atoms with Crippen molar-refractivity contribution in [2.45, 2.75) is 39.4 Å². The Kier molecular flexibility index (Phi) is 7.13. The summed E-state index contributed by atoms with van der Waals surface area (Å²) < 4.78 is 18.1. The third-order valence-corrected chi connectivity index (χ3v) is 6.72. The van der Waals surface area contributed by atoms with Crippen LogP contribution >= 0.6 is 0 Å². The Morgan fingerprint density at radius 2 is 1.62 bits per heavy atom. The van der Waals surface area contributed by atoms with E-state index in [0.29, 0.717) is 31.3 Å². The second kappa shape index (κ2) is 10.8. The highest BCUT2D eigenvalue weighted by atomic mass is 16.5. The summed E-state index contributed by atoms with van der Waals surface area (Å²) in [5.74, 6) is 1.28. The molecule has 1 atom stereocenters. The normalized spacial score (nSPS) is 14.1. The number of hydrogen-bond acceptors (Lipinski definition) is 4. The van der Waals surface area contributed by atoms with Crippen molar-refractivity contribution in [2.75, 3.05) is 6.61 Å². The van der Waals surface area contributed by atoms with Crippen molar-refractivity contribution in [1.82, 2.24) is 0 Å². The van der Waals surface area contributed by atoms with Crippen molar-refractivity contribution >= 4 is 5.97 Å². The molecular weight excluding hydrogens is 464 g/mol. The number of carboxylic acids is 1. The van der Waals surface area contributed by atoms with E-state index in [-0.39, 0.29) is 12.3 Å². The number of fused-ring (bicyclic) bond motifs is 1. The number of carbonyl (C=O) groups is 1. The van der Waals surface area contributed by atoms with Crippen LogP contribution in [0.25, 0.3) is 11.1 Å². The molecule has 4 aromatic carbocycles. The van der Waals surface area contributed by atoms with E-state index in [0.717, 1.165) is 28.0 Å². The van der Waals surface area contributed by atoms with E-state index in [1.165, 1.54) is 16.7 Å². The number of aryl methyl sites for hydroxylation is 2. The topological polar surface area (TPSA) is 65.0 Å². The van der Waals surface area contributed by atoms with E-state index in [4.69, 9.17) is 19.3 Å². The fraction of sp³-hybridized carbons (Fsp3) is 0.219. The molecule has 5 nitrogen and oxygen atoms in total. The summed E-state index contributed by atoms with van der Waals surface area (Å²) in [5.41, 5.74) is 7.65. The van der Waals surface area contributed by atoms with Gasteiger partial charge < -0.3 is 19.3 Å². The number of hydrogen-bond donors (Lipinski definition) is 1. The van der Waals surface area contributed by atoms with Crippen molar-refractivity contribution in [3.05, 3.63) is 113 Å². The van der Waals surface area contributed by atoms with E-state index in [9.17, 15) is 4.79 Å². The minimum atomic E-state index is -0.822. The lowest BCUT2D eigenvalue weighted by molar-refractivity contribution is -0.137. The molecule has 1 heterocycles. The summed E-state index contributed by atoms with van der Waals surface area (Å²) in [6.45, 7) is 5.50. The van der Waals surface area contributed by atoms with E-state index in [1.54, 1.807) is 0 Å². The van der Waals surface area contributed by atoms with Crippen LogP contribution in [0, 0.1) is 13.8 Å². The maximum Gasteiger partial charge on any atom is 0.304 e. The van der Waals surface area contributed by atoms with Gasteiger partial charge in [0.15, 0.2) is 0 Å². The molecule has 188 valence electrons. The number of aliphatic carboxylic acids is 1. The number of ether oxygens (including phenoxy) is 3. The second-order valence-corrected chi connectivity index (χ2v) is 9.47. The lowest BCUT2D eigenvalue weighted by atomic mass is 9.94. The van der Waals surface area contributed by atoms with Crippen LogP contribution in [0.1, 0.15) is 40.2 Å². The van der Waals surface area contributed by atoms with Crippen molar-refractivity contribution in [3.8, 4) is 28.4 Å². The third kappa shape index (κ3) is 5.61. The predicted molar refractivity (Wildman–Crippen MR) is 143 cm³/mol. The molecule has 0 amide bonds. The zero-order valence-corrected chi connectivity index (χ0v) is 21.1. The Labute approximate surface area is 217 Å². The first-order valence-electron chi connectivity index (χ1n) is 12.5. The predicted octanol–water partition coefficient (Wildman–Crippen LogP) is 7.08. The Morgan fingerprint density at radius 1 is 0.865 bits per heavy atom. The first-order valence-corrected chi connectivity index (χ1v) is 12.5. The van der Waals surface area contributed by atoms with Crippen LogP contribution in [0.4, 0.5) is 0 Å². The van der Waals surface area contributed by atoms with Crippen molar-refractivity contribution in [2.24, 2.45) is 0 Å².